The molecule has 2 N–H and O–H groups in total. The SMILES string of the molecule is CCc1c(OC(CC)CC)nn2c(N)nnc2c1C. The van der Waals surface area contributed by atoms with Gasteiger partial charge in [-0.2, -0.15) is 4.52 Å². The molecule has 0 amide bonds. The Hall–Kier alpha value is -1.85. The molecule has 2 aromatic rings. The standard InChI is InChI=1S/C13H21N5O/c1-5-9(6-2)19-12-10(7-3)8(4)11-15-16-13(14)18(11)17-12/h9H,5-7H2,1-4H3,(H2,14,16). The smallest absolute Gasteiger partial charge is 0.243 e. The second-order valence-electron chi connectivity index (χ2n) is 4.61. The van der Waals surface area contributed by atoms with E-state index in [1.807, 2.05) is 6.92 Å². The van der Waals surface area contributed by atoms with E-state index >= 15 is 0 Å². The van der Waals surface area contributed by atoms with E-state index in [9.17, 15) is 0 Å². The first-order valence-electron chi connectivity index (χ1n) is 6.79. The molecule has 0 spiro atoms. The summed E-state index contributed by atoms with van der Waals surface area (Å²) in [6, 6.07) is 0. The van der Waals surface area contributed by atoms with Crippen LogP contribution in [0.3, 0.4) is 0 Å². The Labute approximate surface area is 113 Å². The van der Waals surface area contributed by atoms with Crippen LogP contribution in [0.25, 0.3) is 5.65 Å². The Balaban J connectivity index is 2.54. The van der Waals surface area contributed by atoms with Crippen molar-refractivity contribution in [3.63, 3.8) is 0 Å². The molecule has 6 heteroatoms. The normalized spacial score (nSPS) is 11.4. The van der Waals surface area contributed by atoms with Crippen LogP contribution in [-0.2, 0) is 6.42 Å². The molecule has 2 heterocycles. The van der Waals surface area contributed by atoms with Gasteiger partial charge in [-0.15, -0.1) is 15.3 Å². The number of anilines is 1. The van der Waals surface area contributed by atoms with E-state index in [0.717, 1.165) is 30.4 Å². The van der Waals surface area contributed by atoms with Crippen molar-refractivity contribution in [1.29, 1.82) is 0 Å². The summed E-state index contributed by atoms with van der Waals surface area (Å²) in [5, 5.41) is 12.4. The van der Waals surface area contributed by atoms with E-state index in [1.54, 1.807) is 4.52 Å². The minimum atomic E-state index is 0.173. The number of aromatic nitrogens is 4. The van der Waals surface area contributed by atoms with Gasteiger partial charge in [0, 0.05) is 11.1 Å². The highest BCUT2D eigenvalue weighted by atomic mass is 16.5. The zero-order valence-corrected chi connectivity index (χ0v) is 12.0. The highest BCUT2D eigenvalue weighted by Gasteiger charge is 2.17. The number of nitrogens with zero attached hydrogens (tertiary/aromatic N) is 4. The van der Waals surface area contributed by atoms with Gasteiger partial charge < -0.3 is 10.5 Å². The molecule has 0 unspecified atom stereocenters. The minimum Gasteiger partial charge on any atom is -0.473 e. The fourth-order valence-electron chi connectivity index (χ4n) is 2.20. The summed E-state index contributed by atoms with van der Waals surface area (Å²) in [7, 11) is 0. The van der Waals surface area contributed by atoms with E-state index < -0.39 is 0 Å². The van der Waals surface area contributed by atoms with Gasteiger partial charge in [0.1, 0.15) is 0 Å². The lowest BCUT2D eigenvalue weighted by Crippen LogP contribution is -2.17. The van der Waals surface area contributed by atoms with Crippen LogP contribution < -0.4 is 10.5 Å². The van der Waals surface area contributed by atoms with Crippen LogP contribution in [0.15, 0.2) is 0 Å². The molecule has 0 aliphatic rings. The van der Waals surface area contributed by atoms with Crippen molar-refractivity contribution in [3.8, 4) is 5.88 Å². The van der Waals surface area contributed by atoms with E-state index in [0.29, 0.717) is 11.5 Å². The zero-order chi connectivity index (χ0) is 14.0. The Morgan fingerprint density at radius 2 is 1.89 bits per heavy atom. The van der Waals surface area contributed by atoms with Crippen molar-refractivity contribution in [1.82, 2.24) is 19.8 Å². The molecular formula is C13H21N5O. The number of nitrogen functional groups attached to an aromatic ring is 1. The van der Waals surface area contributed by atoms with Crippen molar-refractivity contribution in [2.75, 3.05) is 5.73 Å². The molecule has 0 bridgehead atoms. The topological polar surface area (TPSA) is 78.3 Å². The fourth-order valence-corrected chi connectivity index (χ4v) is 2.20. The maximum atomic E-state index is 6.01. The van der Waals surface area contributed by atoms with E-state index in [2.05, 4.69) is 36.1 Å². The summed E-state index contributed by atoms with van der Waals surface area (Å²) in [5.74, 6) is 0.933. The number of nitrogens with two attached hydrogens (primary N) is 1. The van der Waals surface area contributed by atoms with Crippen LogP contribution in [0.2, 0.25) is 0 Å². The van der Waals surface area contributed by atoms with Gasteiger partial charge in [0.25, 0.3) is 0 Å². The molecule has 0 fully saturated rings. The van der Waals surface area contributed by atoms with Gasteiger partial charge >= 0.3 is 0 Å². The lowest BCUT2D eigenvalue weighted by atomic mass is 10.1. The average molecular weight is 263 g/mol. The monoisotopic (exact) mass is 263 g/mol. The van der Waals surface area contributed by atoms with Gasteiger partial charge in [-0.25, -0.2) is 0 Å². The summed E-state index contributed by atoms with van der Waals surface area (Å²) in [6.07, 6.45) is 2.93. The zero-order valence-electron chi connectivity index (χ0n) is 12.0. The third-order valence-corrected chi connectivity index (χ3v) is 3.44. The maximum absolute atomic E-state index is 6.01. The quantitative estimate of drug-likeness (QED) is 0.894. The number of aryl methyl sites for hydroxylation is 1. The third-order valence-electron chi connectivity index (χ3n) is 3.44. The fraction of sp³-hybridized carbons (Fsp3) is 0.615. The van der Waals surface area contributed by atoms with Gasteiger partial charge in [0.05, 0.1) is 6.10 Å². The molecule has 19 heavy (non-hydrogen) atoms. The number of hydrogen-bond donors (Lipinski definition) is 1. The molecule has 2 aromatic heterocycles. The minimum absolute atomic E-state index is 0.173. The first kappa shape index (κ1) is 13.6. The van der Waals surface area contributed by atoms with Crippen LogP contribution in [0.1, 0.15) is 44.7 Å². The lowest BCUT2D eigenvalue weighted by Gasteiger charge is -2.18. The number of hydrogen-bond acceptors (Lipinski definition) is 5. The van der Waals surface area contributed by atoms with E-state index in [-0.39, 0.29) is 12.1 Å². The predicted molar refractivity (Wildman–Crippen MR) is 74.3 cm³/mol. The van der Waals surface area contributed by atoms with Crippen molar-refractivity contribution in [3.05, 3.63) is 11.1 Å². The third kappa shape index (κ3) is 2.34. The van der Waals surface area contributed by atoms with E-state index in [1.165, 1.54) is 0 Å². The lowest BCUT2D eigenvalue weighted by molar-refractivity contribution is 0.180. The van der Waals surface area contributed by atoms with Crippen LogP contribution in [0, 0.1) is 6.92 Å². The highest BCUT2D eigenvalue weighted by Crippen LogP contribution is 2.25. The summed E-state index contributed by atoms with van der Waals surface area (Å²) >= 11 is 0. The number of ether oxygens (including phenoxy) is 1. The van der Waals surface area contributed by atoms with Gasteiger partial charge in [-0.3, -0.25) is 0 Å². The Kier molecular flexibility index (Phi) is 3.87. The Morgan fingerprint density at radius 3 is 2.47 bits per heavy atom. The second kappa shape index (κ2) is 5.42. The number of rotatable bonds is 5. The van der Waals surface area contributed by atoms with Gasteiger partial charge in [0.2, 0.25) is 11.8 Å². The van der Waals surface area contributed by atoms with Gasteiger partial charge in [0.15, 0.2) is 5.65 Å². The van der Waals surface area contributed by atoms with Crippen molar-refractivity contribution in [2.45, 2.75) is 53.1 Å². The largest absolute Gasteiger partial charge is 0.473 e. The molecule has 0 saturated carbocycles. The molecule has 0 radical (unpaired) electrons. The summed E-state index contributed by atoms with van der Waals surface area (Å²) in [4.78, 5) is 0. The first-order valence-corrected chi connectivity index (χ1v) is 6.79. The first-order chi connectivity index (χ1) is 9.12. The summed E-state index contributed by atoms with van der Waals surface area (Å²) in [5.41, 5.74) is 8.58. The maximum Gasteiger partial charge on any atom is 0.243 e. The van der Waals surface area contributed by atoms with Crippen LogP contribution in [-0.4, -0.2) is 25.9 Å². The molecule has 0 aliphatic heterocycles. The Bertz CT molecular complexity index is 574. The molecule has 0 atom stereocenters. The molecule has 0 aliphatic carbocycles. The van der Waals surface area contributed by atoms with Crippen molar-refractivity contribution in [2.24, 2.45) is 0 Å². The molecule has 0 aromatic carbocycles. The average Bonchev–Trinajstić information content (AvgIpc) is 2.78. The summed E-state index contributed by atoms with van der Waals surface area (Å²) in [6.45, 7) is 8.31. The van der Waals surface area contributed by atoms with Gasteiger partial charge in [-0.1, -0.05) is 20.8 Å². The van der Waals surface area contributed by atoms with Crippen LogP contribution in [0.5, 0.6) is 5.88 Å². The molecule has 104 valence electrons. The second-order valence-corrected chi connectivity index (χ2v) is 4.61. The molecular weight excluding hydrogens is 242 g/mol. The van der Waals surface area contributed by atoms with Crippen molar-refractivity contribution < 1.29 is 4.74 Å². The van der Waals surface area contributed by atoms with Crippen LogP contribution >= 0.6 is 0 Å². The predicted octanol–water partition coefficient (Wildman–Crippen LogP) is 2.14. The van der Waals surface area contributed by atoms with Gasteiger partial charge in [-0.05, 0) is 26.2 Å². The molecule has 6 nitrogen and oxygen atoms in total. The number of fused-ring (bicyclic) bond motifs is 1. The molecule has 2 rings (SSSR count). The molecule has 0 saturated heterocycles. The van der Waals surface area contributed by atoms with Crippen molar-refractivity contribution >= 4 is 11.6 Å². The highest BCUT2D eigenvalue weighted by molar-refractivity contribution is 5.55. The van der Waals surface area contributed by atoms with E-state index in [4.69, 9.17) is 10.5 Å². The van der Waals surface area contributed by atoms with Crippen LogP contribution in [0.4, 0.5) is 5.95 Å². The summed E-state index contributed by atoms with van der Waals surface area (Å²) < 4.78 is 7.55. The Morgan fingerprint density at radius 1 is 1.21 bits per heavy atom.